The number of rotatable bonds is 6. The molecule has 5 nitrogen and oxygen atoms in total. The first-order valence-electron chi connectivity index (χ1n) is 8.40. The maximum Gasteiger partial charge on any atom is 0.236 e. The number of carbonyl (C=O) groups excluding carboxylic acids is 1. The van der Waals surface area contributed by atoms with E-state index < -0.39 is 9.84 Å². The Morgan fingerprint density at radius 3 is 2.56 bits per heavy atom. The van der Waals surface area contributed by atoms with E-state index in [0.717, 1.165) is 12.8 Å². The van der Waals surface area contributed by atoms with Crippen LogP contribution >= 0.6 is 11.6 Å². The Hall–Kier alpha value is -1.18. The van der Waals surface area contributed by atoms with E-state index in [1.54, 1.807) is 19.2 Å². The highest BCUT2D eigenvalue weighted by atomic mass is 35.5. The zero-order valence-electron chi connectivity index (χ0n) is 14.1. The molecule has 2 fully saturated rings. The smallest absolute Gasteiger partial charge is 0.236 e. The van der Waals surface area contributed by atoms with Gasteiger partial charge in [-0.05, 0) is 31.4 Å². The molecule has 1 unspecified atom stereocenters. The third-order valence-corrected chi connectivity index (χ3v) is 7.08. The van der Waals surface area contributed by atoms with E-state index in [1.165, 1.54) is 11.0 Å². The Morgan fingerprint density at radius 1 is 1.28 bits per heavy atom. The van der Waals surface area contributed by atoms with Crippen molar-refractivity contribution < 1.29 is 17.6 Å². The molecule has 1 saturated carbocycles. The number of benzene rings is 1. The zero-order valence-corrected chi connectivity index (χ0v) is 15.7. The molecule has 8 heteroatoms. The van der Waals surface area contributed by atoms with Crippen molar-refractivity contribution in [2.75, 3.05) is 25.1 Å². The van der Waals surface area contributed by atoms with Crippen LogP contribution in [0.25, 0.3) is 0 Å². The van der Waals surface area contributed by atoms with E-state index in [4.69, 9.17) is 11.6 Å². The summed E-state index contributed by atoms with van der Waals surface area (Å²) in [5.41, 5.74) is 0.398. The molecule has 0 aromatic heterocycles. The largest absolute Gasteiger partial charge is 0.341 e. The lowest BCUT2D eigenvalue weighted by Crippen LogP contribution is -2.44. The van der Waals surface area contributed by atoms with Gasteiger partial charge in [0, 0.05) is 36.3 Å². The van der Waals surface area contributed by atoms with Gasteiger partial charge >= 0.3 is 0 Å². The number of likely N-dealkylation sites (N-methyl/N-ethyl adjacent to an activating group) is 1. The van der Waals surface area contributed by atoms with Gasteiger partial charge in [0.2, 0.25) is 5.91 Å². The van der Waals surface area contributed by atoms with Crippen molar-refractivity contribution in [3.63, 3.8) is 0 Å². The van der Waals surface area contributed by atoms with E-state index in [-0.39, 0.29) is 48.4 Å². The second-order valence-corrected chi connectivity index (χ2v) is 9.53. The summed E-state index contributed by atoms with van der Waals surface area (Å²) in [6.45, 7) is 0.418. The second-order valence-electron chi connectivity index (χ2n) is 6.90. The monoisotopic (exact) mass is 388 g/mol. The predicted molar refractivity (Wildman–Crippen MR) is 94.7 cm³/mol. The maximum atomic E-state index is 14.0. The number of carbonyl (C=O) groups is 1. The third-order valence-electron chi connectivity index (χ3n) is 4.97. The molecule has 1 heterocycles. The van der Waals surface area contributed by atoms with Crippen molar-refractivity contribution >= 4 is 27.3 Å². The molecule has 0 bridgehead atoms. The highest BCUT2D eigenvalue weighted by molar-refractivity contribution is 7.91. The van der Waals surface area contributed by atoms with Gasteiger partial charge in [-0.3, -0.25) is 9.69 Å². The van der Waals surface area contributed by atoms with Crippen LogP contribution in [-0.4, -0.2) is 61.3 Å². The minimum atomic E-state index is -3.04. The molecule has 1 aliphatic heterocycles. The molecular formula is C17H22ClFN2O3S. The SMILES string of the molecule is CN(C(=O)CN(Cc1c(F)cccc1Cl)C1CC1)C1CCS(=O)(=O)C1. The summed E-state index contributed by atoms with van der Waals surface area (Å²) in [5.74, 6) is -0.355. The van der Waals surface area contributed by atoms with Gasteiger partial charge in [0.05, 0.1) is 18.1 Å². The lowest BCUT2D eigenvalue weighted by Gasteiger charge is -2.28. The highest BCUT2D eigenvalue weighted by Gasteiger charge is 2.36. The van der Waals surface area contributed by atoms with E-state index in [1.807, 2.05) is 4.90 Å². The van der Waals surface area contributed by atoms with E-state index >= 15 is 0 Å². The Balaban J connectivity index is 1.67. The number of halogens is 2. The molecule has 3 rings (SSSR count). The fourth-order valence-electron chi connectivity index (χ4n) is 3.21. The van der Waals surface area contributed by atoms with Gasteiger partial charge in [-0.2, -0.15) is 0 Å². The molecule has 1 aromatic rings. The van der Waals surface area contributed by atoms with Crippen LogP contribution in [0.4, 0.5) is 4.39 Å². The number of hydrogen-bond donors (Lipinski definition) is 0. The number of nitrogens with zero attached hydrogens (tertiary/aromatic N) is 2. The Bertz CT molecular complexity index is 747. The standard InChI is InChI=1S/C17H22ClFN2O3S/c1-20(13-7-8-25(23,24)11-13)17(22)10-21(12-5-6-12)9-14-15(18)3-2-4-16(14)19/h2-4,12-13H,5-11H2,1H3. The number of sulfone groups is 1. The quantitative estimate of drug-likeness (QED) is 0.748. The fourth-order valence-corrected chi connectivity index (χ4v) is 5.21. The first-order chi connectivity index (χ1) is 11.8. The van der Waals surface area contributed by atoms with Crippen LogP contribution in [0.1, 0.15) is 24.8 Å². The Morgan fingerprint density at radius 2 is 2.00 bits per heavy atom. The lowest BCUT2D eigenvalue weighted by molar-refractivity contribution is -0.133. The Kier molecular flexibility index (Phi) is 5.37. The summed E-state index contributed by atoms with van der Waals surface area (Å²) < 4.78 is 37.3. The van der Waals surface area contributed by atoms with Crippen molar-refractivity contribution in [3.8, 4) is 0 Å². The third kappa shape index (κ3) is 4.51. The van der Waals surface area contributed by atoms with Crippen LogP contribution in [0.5, 0.6) is 0 Å². The summed E-state index contributed by atoms with van der Waals surface area (Å²) in [6.07, 6.45) is 2.43. The fraction of sp³-hybridized carbons (Fsp3) is 0.588. The molecule has 0 radical (unpaired) electrons. The van der Waals surface area contributed by atoms with Gasteiger partial charge in [0.15, 0.2) is 9.84 Å². The summed E-state index contributed by atoms with van der Waals surface area (Å²) >= 11 is 6.10. The first-order valence-corrected chi connectivity index (χ1v) is 10.6. The molecule has 1 aromatic carbocycles. The van der Waals surface area contributed by atoms with Crippen molar-refractivity contribution in [3.05, 3.63) is 34.6 Å². The predicted octanol–water partition coefficient (Wildman–Crippen LogP) is 2.09. The molecule has 2 aliphatic rings. The van der Waals surface area contributed by atoms with Crippen molar-refractivity contribution in [2.24, 2.45) is 0 Å². The summed E-state index contributed by atoms with van der Waals surface area (Å²) in [6, 6.07) is 4.55. The molecule has 1 amide bonds. The topological polar surface area (TPSA) is 57.7 Å². The van der Waals surface area contributed by atoms with Crippen LogP contribution < -0.4 is 0 Å². The van der Waals surface area contributed by atoms with Crippen molar-refractivity contribution in [1.29, 1.82) is 0 Å². The normalized spacial score (nSPS) is 22.3. The van der Waals surface area contributed by atoms with E-state index in [9.17, 15) is 17.6 Å². The van der Waals surface area contributed by atoms with Gasteiger partial charge in [-0.15, -0.1) is 0 Å². The molecule has 0 spiro atoms. The van der Waals surface area contributed by atoms with Crippen LogP contribution in [0.2, 0.25) is 5.02 Å². The molecular weight excluding hydrogens is 367 g/mol. The van der Waals surface area contributed by atoms with Crippen LogP contribution in [0, 0.1) is 5.82 Å². The molecule has 1 saturated heterocycles. The second kappa shape index (κ2) is 7.21. The number of hydrogen-bond acceptors (Lipinski definition) is 4. The average Bonchev–Trinajstić information content (AvgIpc) is 3.32. The van der Waals surface area contributed by atoms with Gasteiger partial charge < -0.3 is 4.90 Å². The summed E-state index contributed by atoms with van der Waals surface area (Å²) in [4.78, 5) is 16.1. The minimum Gasteiger partial charge on any atom is -0.341 e. The molecule has 138 valence electrons. The van der Waals surface area contributed by atoms with Crippen LogP contribution in [0.15, 0.2) is 18.2 Å². The molecule has 1 atom stereocenters. The average molecular weight is 389 g/mol. The van der Waals surface area contributed by atoms with Gasteiger partial charge in [-0.1, -0.05) is 17.7 Å². The highest BCUT2D eigenvalue weighted by Crippen LogP contribution is 2.30. The molecule has 25 heavy (non-hydrogen) atoms. The summed E-state index contributed by atoms with van der Waals surface area (Å²) in [7, 11) is -1.39. The maximum absolute atomic E-state index is 14.0. The first kappa shape index (κ1) is 18.6. The minimum absolute atomic E-state index is 0.0256. The molecule has 0 N–H and O–H groups in total. The Labute approximate surface area is 152 Å². The van der Waals surface area contributed by atoms with Gasteiger partial charge in [0.1, 0.15) is 5.82 Å². The zero-order chi connectivity index (χ0) is 18.2. The molecule has 1 aliphatic carbocycles. The van der Waals surface area contributed by atoms with Gasteiger partial charge in [0.25, 0.3) is 0 Å². The van der Waals surface area contributed by atoms with Gasteiger partial charge in [-0.25, -0.2) is 12.8 Å². The van der Waals surface area contributed by atoms with E-state index in [2.05, 4.69) is 0 Å². The van der Waals surface area contributed by atoms with Crippen molar-refractivity contribution in [1.82, 2.24) is 9.80 Å². The van der Waals surface area contributed by atoms with E-state index in [0.29, 0.717) is 17.0 Å². The number of amides is 1. The van der Waals surface area contributed by atoms with Crippen LogP contribution in [-0.2, 0) is 21.2 Å². The van der Waals surface area contributed by atoms with Crippen molar-refractivity contribution in [2.45, 2.75) is 37.9 Å². The van der Waals surface area contributed by atoms with Crippen LogP contribution in [0.3, 0.4) is 0 Å². The lowest BCUT2D eigenvalue weighted by atomic mass is 10.2. The summed E-state index contributed by atoms with van der Waals surface area (Å²) in [5, 5.41) is 0.355.